The van der Waals surface area contributed by atoms with Crippen LogP contribution < -0.4 is 16.0 Å². The van der Waals surface area contributed by atoms with E-state index in [1.165, 1.54) is 6.20 Å². The Balaban J connectivity index is 2.24. The molecule has 0 saturated carbocycles. The molecule has 0 aliphatic carbocycles. The van der Waals surface area contributed by atoms with Gasteiger partial charge in [0.15, 0.2) is 5.82 Å². The number of hydrogen-bond donors (Lipinski definition) is 3. The van der Waals surface area contributed by atoms with E-state index in [1.807, 2.05) is 0 Å². The van der Waals surface area contributed by atoms with Crippen LogP contribution in [0.1, 0.15) is 0 Å². The summed E-state index contributed by atoms with van der Waals surface area (Å²) in [5.41, 5.74) is 1.19. The summed E-state index contributed by atoms with van der Waals surface area (Å²) in [6.45, 7) is 0. The lowest BCUT2D eigenvalue weighted by Gasteiger charge is -2.10. The van der Waals surface area contributed by atoms with Gasteiger partial charge >= 0.3 is 0 Å². The number of benzene rings is 1. The van der Waals surface area contributed by atoms with Crippen LogP contribution in [0.15, 0.2) is 24.4 Å². The zero-order valence-corrected chi connectivity index (χ0v) is 12.0. The second-order valence-corrected chi connectivity index (χ2v) is 4.54. The first-order chi connectivity index (χ1) is 9.63. The summed E-state index contributed by atoms with van der Waals surface area (Å²) >= 11 is 11.8. The first-order valence-corrected chi connectivity index (χ1v) is 6.36. The number of halogens is 2. The van der Waals surface area contributed by atoms with Gasteiger partial charge in [-0.05, 0) is 18.2 Å². The summed E-state index contributed by atoms with van der Waals surface area (Å²) in [6, 6.07) is 5.10. The monoisotopic (exact) mass is 311 g/mol. The number of hydrogen-bond acceptors (Lipinski definition) is 5. The van der Waals surface area contributed by atoms with Gasteiger partial charge in [-0.1, -0.05) is 23.2 Å². The Morgan fingerprint density at radius 2 is 2.05 bits per heavy atom. The van der Waals surface area contributed by atoms with Gasteiger partial charge in [0, 0.05) is 12.7 Å². The Morgan fingerprint density at radius 3 is 2.70 bits per heavy atom. The summed E-state index contributed by atoms with van der Waals surface area (Å²) < 4.78 is 0. The standard InChI is InChI=1S/C12H11Cl2N5O/c1-15-11-10(17-6-20)5-16-12(19-11)18-7-2-3-8(13)9(14)4-7/h2-6H,1H3,(H,17,20)(H2,15,16,18,19). The molecule has 0 unspecified atom stereocenters. The topological polar surface area (TPSA) is 78.9 Å². The Bertz CT molecular complexity index is 635. The molecule has 3 N–H and O–H groups in total. The average molecular weight is 312 g/mol. The second-order valence-electron chi connectivity index (χ2n) is 3.72. The van der Waals surface area contributed by atoms with Crippen molar-refractivity contribution in [2.45, 2.75) is 0 Å². The molecule has 0 saturated heterocycles. The van der Waals surface area contributed by atoms with Crippen molar-refractivity contribution in [2.75, 3.05) is 23.0 Å². The highest BCUT2D eigenvalue weighted by Gasteiger charge is 2.06. The highest BCUT2D eigenvalue weighted by molar-refractivity contribution is 6.42. The minimum atomic E-state index is 0.365. The average Bonchev–Trinajstić information content (AvgIpc) is 2.45. The number of carbonyl (C=O) groups is 1. The summed E-state index contributed by atoms with van der Waals surface area (Å²) in [7, 11) is 1.70. The van der Waals surface area contributed by atoms with Crippen LogP contribution in [-0.4, -0.2) is 23.4 Å². The lowest BCUT2D eigenvalue weighted by Crippen LogP contribution is -2.05. The first kappa shape index (κ1) is 14.4. The quantitative estimate of drug-likeness (QED) is 0.739. The maximum Gasteiger partial charge on any atom is 0.229 e. The van der Waals surface area contributed by atoms with E-state index in [9.17, 15) is 4.79 Å². The molecule has 20 heavy (non-hydrogen) atoms. The van der Waals surface area contributed by atoms with Crippen molar-refractivity contribution in [1.82, 2.24) is 9.97 Å². The van der Waals surface area contributed by atoms with Crippen molar-refractivity contribution in [1.29, 1.82) is 0 Å². The molecule has 0 aliphatic heterocycles. The van der Waals surface area contributed by atoms with Crippen LogP contribution in [0, 0.1) is 0 Å². The molecule has 0 fully saturated rings. The van der Waals surface area contributed by atoms with E-state index in [0.29, 0.717) is 39.6 Å². The van der Waals surface area contributed by atoms with Crippen LogP contribution in [0.3, 0.4) is 0 Å². The molecule has 0 bridgehead atoms. The maximum absolute atomic E-state index is 10.5. The number of carbonyl (C=O) groups excluding carboxylic acids is 1. The SMILES string of the molecule is CNc1nc(Nc2ccc(Cl)c(Cl)c2)ncc1NC=O. The third-order valence-electron chi connectivity index (χ3n) is 2.42. The van der Waals surface area contributed by atoms with Gasteiger partial charge in [-0.15, -0.1) is 0 Å². The molecule has 0 radical (unpaired) electrons. The number of anilines is 4. The molecule has 6 nitrogen and oxygen atoms in total. The number of aromatic nitrogens is 2. The molecule has 1 amide bonds. The summed E-state index contributed by atoms with van der Waals surface area (Å²) in [6.07, 6.45) is 2.05. The molecule has 1 aromatic carbocycles. The summed E-state index contributed by atoms with van der Waals surface area (Å²) in [5, 5.41) is 9.27. The zero-order valence-electron chi connectivity index (χ0n) is 10.4. The number of amides is 1. The van der Waals surface area contributed by atoms with E-state index in [1.54, 1.807) is 25.2 Å². The van der Waals surface area contributed by atoms with Gasteiger partial charge in [-0.3, -0.25) is 4.79 Å². The predicted molar refractivity (Wildman–Crippen MR) is 81.0 cm³/mol. The van der Waals surface area contributed by atoms with Gasteiger partial charge in [0.05, 0.1) is 16.2 Å². The summed E-state index contributed by atoms with van der Waals surface area (Å²) in [4.78, 5) is 18.8. The first-order valence-electron chi connectivity index (χ1n) is 5.61. The van der Waals surface area contributed by atoms with Crippen LogP contribution in [0.2, 0.25) is 10.0 Å². The molecule has 0 atom stereocenters. The lowest BCUT2D eigenvalue weighted by atomic mass is 10.3. The summed E-state index contributed by atoms with van der Waals surface area (Å²) in [5.74, 6) is 0.860. The molecule has 0 aliphatic rings. The van der Waals surface area contributed by atoms with Gasteiger partial charge in [0.1, 0.15) is 5.69 Å². The number of rotatable bonds is 5. The molecule has 2 rings (SSSR count). The minimum absolute atomic E-state index is 0.365. The van der Waals surface area contributed by atoms with Gasteiger partial charge in [0.2, 0.25) is 12.4 Å². The highest BCUT2D eigenvalue weighted by Crippen LogP contribution is 2.27. The minimum Gasteiger partial charge on any atom is -0.371 e. The largest absolute Gasteiger partial charge is 0.371 e. The molecule has 1 aromatic heterocycles. The van der Waals surface area contributed by atoms with Crippen LogP contribution in [-0.2, 0) is 4.79 Å². The highest BCUT2D eigenvalue weighted by atomic mass is 35.5. The fraction of sp³-hybridized carbons (Fsp3) is 0.0833. The Kier molecular flexibility index (Phi) is 4.60. The van der Waals surface area contributed by atoms with Crippen molar-refractivity contribution < 1.29 is 4.79 Å². The lowest BCUT2D eigenvalue weighted by molar-refractivity contribution is -0.105. The van der Waals surface area contributed by atoms with Crippen molar-refractivity contribution in [3.05, 3.63) is 34.4 Å². The predicted octanol–water partition coefficient (Wildman–Crippen LogP) is 3.14. The van der Waals surface area contributed by atoms with Crippen LogP contribution in [0.4, 0.5) is 23.1 Å². The Morgan fingerprint density at radius 1 is 1.25 bits per heavy atom. The van der Waals surface area contributed by atoms with E-state index in [0.717, 1.165) is 0 Å². The van der Waals surface area contributed by atoms with Crippen molar-refractivity contribution >= 4 is 52.8 Å². The van der Waals surface area contributed by atoms with E-state index >= 15 is 0 Å². The molecule has 2 aromatic rings. The molecule has 104 valence electrons. The maximum atomic E-state index is 10.5. The van der Waals surface area contributed by atoms with E-state index in [-0.39, 0.29) is 0 Å². The molecular weight excluding hydrogens is 301 g/mol. The van der Waals surface area contributed by atoms with Crippen LogP contribution in [0.5, 0.6) is 0 Å². The number of nitrogens with zero attached hydrogens (tertiary/aromatic N) is 2. The van der Waals surface area contributed by atoms with Gasteiger partial charge in [0.25, 0.3) is 0 Å². The van der Waals surface area contributed by atoms with Crippen molar-refractivity contribution in [3.63, 3.8) is 0 Å². The van der Waals surface area contributed by atoms with Gasteiger partial charge in [-0.25, -0.2) is 4.98 Å². The zero-order chi connectivity index (χ0) is 14.5. The van der Waals surface area contributed by atoms with Crippen molar-refractivity contribution in [3.8, 4) is 0 Å². The van der Waals surface area contributed by atoms with Crippen molar-refractivity contribution in [2.24, 2.45) is 0 Å². The van der Waals surface area contributed by atoms with Crippen LogP contribution in [0.25, 0.3) is 0 Å². The van der Waals surface area contributed by atoms with E-state index in [4.69, 9.17) is 23.2 Å². The second kappa shape index (κ2) is 6.40. The Labute approximate surface area is 125 Å². The van der Waals surface area contributed by atoms with E-state index in [2.05, 4.69) is 25.9 Å². The molecule has 8 heteroatoms. The number of nitrogens with one attached hydrogen (secondary N) is 3. The third-order valence-corrected chi connectivity index (χ3v) is 3.15. The third kappa shape index (κ3) is 3.28. The fourth-order valence-electron chi connectivity index (χ4n) is 1.50. The smallest absolute Gasteiger partial charge is 0.229 e. The van der Waals surface area contributed by atoms with Gasteiger partial charge < -0.3 is 16.0 Å². The van der Waals surface area contributed by atoms with Crippen LogP contribution >= 0.6 is 23.2 Å². The molecule has 1 heterocycles. The Hall–Kier alpha value is -2.05. The normalized spacial score (nSPS) is 9.95. The fourth-order valence-corrected chi connectivity index (χ4v) is 1.80. The van der Waals surface area contributed by atoms with Gasteiger partial charge in [-0.2, -0.15) is 4.98 Å². The molecular formula is C12H11Cl2N5O. The van der Waals surface area contributed by atoms with E-state index < -0.39 is 0 Å². The molecule has 0 spiro atoms.